The first kappa shape index (κ1) is 17.7. The molecule has 0 aliphatic heterocycles. The summed E-state index contributed by atoms with van der Waals surface area (Å²) in [5.41, 5.74) is 2.38. The van der Waals surface area contributed by atoms with Crippen LogP contribution in [0.3, 0.4) is 0 Å². The number of carbonyl (C=O) groups excluding carboxylic acids is 1. The van der Waals surface area contributed by atoms with Gasteiger partial charge in [0.05, 0.1) is 0 Å². The number of aryl methyl sites for hydroxylation is 1. The quantitative estimate of drug-likeness (QED) is 0.564. The highest BCUT2D eigenvalue weighted by atomic mass is 19.1. The summed E-state index contributed by atoms with van der Waals surface area (Å²) in [6.45, 7) is 1.70. The molecule has 0 fully saturated rings. The van der Waals surface area contributed by atoms with E-state index in [4.69, 9.17) is 4.42 Å². The molecule has 140 valence electrons. The molecular formula is C21H17FN4O2. The molecule has 1 N–H and O–H groups in total. The van der Waals surface area contributed by atoms with E-state index in [1.165, 1.54) is 6.07 Å². The molecule has 2 aromatic heterocycles. The summed E-state index contributed by atoms with van der Waals surface area (Å²) in [5, 5.41) is 10.9. The number of nitrogens with zero attached hydrogens (tertiary/aromatic N) is 3. The number of hydrogen-bond acceptors (Lipinski definition) is 4. The molecule has 2 heterocycles. The van der Waals surface area contributed by atoms with E-state index < -0.39 is 0 Å². The maximum atomic E-state index is 13.7. The second-order valence-electron chi connectivity index (χ2n) is 6.31. The van der Waals surface area contributed by atoms with Crippen LogP contribution in [0.25, 0.3) is 23.0 Å². The average Bonchev–Trinajstić information content (AvgIpc) is 3.34. The number of nitrogens with one attached hydrogen (secondary N) is 1. The van der Waals surface area contributed by atoms with Crippen LogP contribution in [-0.2, 0) is 11.3 Å². The molecule has 7 heteroatoms. The van der Waals surface area contributed by atoms with Gasteiger partial charge in [-0.3, -0.25) is 4.79 Å². The Labute approximate surface area is 160 Å². The molecule has 4 aromatic rings. The Morgan fingerprint density at radius 3 is 2.64 bits per heavy atom. The number of rotatable bonds is 5. The van der Waals surface area contributed by atoms with E-state index in [0.29, 0.717) is 28.7 Å². The highest BCUT2D eigenvalue weighted by molar-refractivity contribution is 5.90. The molecule has 0 radical (unpaired) electrons. The predicted molar refractivity (Wildman–Crippen MR) is 103 cm³/mol. The summed E-state index contributed by atoms with van der Waals surface area (Å²) in [6.07, 6.45) is 1.75. The molecule has 0 atom stereocenters. The van der Waals surface area contributed by atoms with E-state index in [0.717, 1.165) is 5.56 Å². The van der Waals surface area contributed by atoms with Crippen LogP contribution < -0.4 is 5.32 Å². The van der Waals surface area contributed by atoms with Crippen molar-refractivity contribution in [1.82, 2.24) is 14.8 Å². The Balaban J connectivity index is 1.51. The van der Waals surface area contributed by atoms with Gasteiger partial charge in [-0.1, -0.05) is 24.3 Å². The van der Waals surface area contributed by atoms with Crippen molar-refractivity contribution in [3.05, 3.63) is 78.2 Å². The maximum Gasteiger partial charge on any atom is 0.264 e. The van der Waals surface area contributed by atoms with Crippen molar-refractivity contribution in [2.24, 2.45) is 0 Å². The molecule has 4 rings (SSSR count). The third-order valence-electron chi connectivity index (χ3n) is 4.26. The maximum absolute atomic E-state index is 13.7. The molecule has 6 nitrogen and oxygen atoms in total. The van der Waals surface area contributed by atoms with Crippen LogP contribution >= 0.6 is 0 Å². The number of amides is 1. The lowest BCUT2D eigenvalue weighted by Gasteiger charge is -2.09. The van der Waals surface area contributed by atoms with Crippen LogP contribution in [0, 0.1) is 12.7 Å². The van der Waals surface area contributed by atoms with Crippen molar-refractivity contribution >= 4 is 11.6 Å². The SMILES string of the molecule is Cc1ccc(NC(=O)Cn2cccc2-c2nnc(-c3ccccc3)o2)cc1F. The van der Waals surface area contributed by atoms with Gasteiger partial charge in [0.25, 0.3) is 5.89 Å². The van der Waals surface area contributed by atoms with Crippen LogP contribution in [0.15, 0.2) is 71.3 Å². The largest absolute Gasteiger partial charge is 0.415 e. The number of carbonyl (C=O) groups is 1. The Hall–Kier alpha value is -3.74. The van der Waals surface area contributed by atoms with Crippen molar-refractivity contribution < 1.29 is 13.6 Å². The molecule has 2 aromatic carbocycles. The molecule has 0 unspecified atom stereocenters. The van der Waals surface area contributed by atoms with Gasteiger partial charge in [-0.25, -0.2) is 4.39 Å². The van der Waals surface area contributed by atoms with Crippen LogP contribution in [0.4, 0.5) is 10.1 Å². The van der Waals surface area contributed by atoms with Crippen LogP contribution in [-0.4, -0.2) is 20.7 Å². The van der Waals surface area contributed by atoms with Gasteiger partial charge in [-0.15, -0.1) is 10.2 Å². The summed E-state index contributed by atoms with van der Waals surface area (Å²) >= 11 is 0. The second-order valence-corrected chi connectivity index (χ2v) is 6.31. The lowest BCUT2D eigenvalue weighted by atomic mass is 10.2. The first-order chi connectivity index (χ1) is 13.6. The number of halogens is 1. The minimum atomic E-state index is -0.362. The number of hydrogen-bond donors (Lipinski definition) is 1. The smallest absolute Gasteiger partial charge is 0.264 e. The fourth-order valence-corrected chi connectivity index (χ4v) is 2.80. The van der Waals surface area contributed by atoms with Crippen molar-refractivity contribution in [1.29, 1.82) is 0 Å². The average molecular weight is 376 g/mol. The van der Waals surface area contributed by atoms with Crippen LogP contribution in [0.2, 0.25) is 0 Å². The molecule has 0 spiro atoms. The molecule has 0 saturated carbocycles. The summed E-state index contributed by atoms with van der Waals surface area (Å²) in [4.78, 5) is 12.4. The van der Waals surface area contributed by atoms with Gasteiger partial charge in [0, 0.05) is 17.4 Å². The number of aromatic nitrogens is 3. The highest BCUT2D eigenvalue weighted by Gasteiger charge is 2.15. The van der Waals surface area contributed by atoms with E-state index in [1.54, 1.807) is 42.0 Å². The third kappa shape index (κ3) is 3.68. The van der Waals surface area contributed by atoms with Crippen LogP contribution in [0.5, 0.6) is 0 Å². The van der Waals surface area contributed by atoms with E-state index >= 15 is 0 Å². The molecule has 0 aliphatic carbocycles. The fourth-order valence-electron chi connectivity index (χ4n) is 2.80. The zero-order chi connectivity index (χ0) is 19.5. The fraction of sp³-hybridized carbons (Fsp3) is 0.0952. The van der Waals surface area contributed by atoms with Crippen LogP contribution in [0.1, 0.15) is 5.56 Å². The van der Waals surface area contributed by atoms with E-state index in [-0.39, 0.29) is 18.3 Å². The minimum absolute atomic E-state index is 0.0286. The van der Waals surface area contributed by atoms with Crippen molar-refractivity contribution in [3.8, 4) is 23.0 Å². The Morgan fingerprint density at radius 2 is 1.86 bits per heavy atom. The third-order valence-corrected chi connectivity index (χ3v) is 4.26. The summed E-state index contributed by atoms with van der Waals surface area (Å²) < 4.78 is 21.1. The van der Waals surface area contributed by atoms with Crippen molar-refractivity contribution in [2.75, 3.05) is 5.32 Å². The summed E-state index contributed by atoms with van der Waals surface area (Å²) in [7, 11) is 0. The Morgan fingerprint density at radius 1 is 1.07 bits per heavy atom. The molecule has 0 bridgehead atoms. The van der Waals surface area contributed by atoms with Gasteiger partial charge in [-0.05, 0) is 48.9 Å². The lowest BCUT2D eigenvalue weighted by molar-refractivity contribution is -0.116. The van der Waals surface area contributed by atoms with Crippen molar-refractivity contribution in [2.45, 2.75) is 13.5 Å². The molecular weight excluding hydrogens is 359 g/mol. The first-order valence-electron chi connectivity index (χ1n) is 8.70. The number of anilines is 1. The Bertz CT molecular complexity index is 1120. The molecule has 0 saturated heterocycles. The normalized spacial score (nSPS) is 10.8. The first-order valence-corrected chi connectivity index (χ1v) is 8.70. The monoisotopic (exact) mass is 376 g/mol. The van der Waals surface area contributed by atoms with Gasteiger partial charge in [-0.2, -0.15) is 0 Å². The predicted octanol–water partition coefficient (Wildman–Crippen LogP) is 4.29. The highest BCUT2D eigenvalue weighted by Crippen LogP contribution is 2.24. The topological polar surface area (TPSA) is 73.0 Å². The zero-order valence-corrected chi connectivity index (χ0v) is 15.1. The summed E-state index contributed by atoms with van der Waals surface area (Å²) in [5.74, 6) is 0.0724. The second kappa shape index (κ2) is 7.48. The van der Waals surface area contributed by atoms with Gasteiger partial charge in [0.1, 0.15) is 18.1 Å². The molecule has 28 heavy (non-hydrogen) atoms. The van der Waals surface area contributed by atoms with E-state index in [2.05, 4.69) is 15.5 Å². The molecule has 1 amide bonds. The standard InChI is InChI=1S/C21H17FN4O2/c1-14-9-10-16(12-17(14)22)23-19(27)13-26-11-5-8-18(26)21-25-24-20(28-21)15-6-3-2-4-7-15/h2-12H,13H2,1H3,(H,23,27). The van der Waals surface area contributed by atoms with Gasteiger partial charge < -0.3 is 14.3 Å². The Kier molecular flexibility index (Phi) is 4.72. The van der Waals surface area contributed by atoms with Gasteiger partial charge >= 0.3 is 0 Å². The van der Waals surface area contributed by atoms with E-state index in [9.17, 15) is 9.18 Å². The van der Waals surface area contributed by atoms with E-state index in [1.807, 2.05) is 30.3 Å². The zero-order valence-electron chi connectivity index (χ0n) is 15.1. The lowest BCUT2D eigenvalue weighted by Crippen LogP contribution is -2.19. The van der Waals surface area contributed by atoms with Crippen molar-refractivity contribution in [3.63, 3.8) is 0 Å². The number of benzene rings is 2. The summed E-state index contributed by atoms with van der Waals surface area (Å²) in [6, 6.07) is 17.6. The molecule has 0 aliphatic rings. The minimum Gasteiger partial charge on any atom is -0.415 e. The van der Waals surface area contributed by atoms with Gasteiger partial charge in [0.2, 0.25) is 11.8 Å². The van der Waals surface area contributed by atoms with Gasteiger partial charge in [0.15, 0.2) is 0 Å².